The Kier molecular flexibility index (Phi) is 7.18. The number of alkyl halides is 3. The fourth-order valence-corrected chi connectivity index (χ4v) is 1.62. The minimum Gasteiger partial charge on any atom is -0.381 e. The molecule has 0 aromatic carbocycles. The van der Waals surface area contributed by atoms with E-state index in [0.717, 1.165) is 0 Å². The van der Waals surface area contributed by atoms with E-state index in [9.17, 15) is 18.0 Å². The summed E-state index contributed by atoms with van der Waals surface area (Å²) in [5.41, 5.74) is 0. The Bertz CT molecular complexity index is 223. The Morgan fingerprint density at radius 3 is 2.12 bits per heavy atom. The summed E-state index contributed by atoms with van der Waals surface area (Å²) in [7, 11) is 1.57. The van der Waals surface area contributed by atoms with Crippen LogP contribution in [0.1, 0.15) is 33.1 Å². The average molecular weight is 255 g/mol. The molecule has 0 unspecified atom stereocenters. The SMILES string of the molecule is CC.COC1CCN(C(=O)CC(F)(F)F)CC1. The second-order valence-corrected chi connectivity index (χ2v) is 3.61. The van der Waals surface area contributed by atoms with Crippen LogP contribution in [0, 0.1) is 0 Å². The van der Waals surface area contributed by atoms with Crippen molar-refractivity contribution in [3.05, 3.63) is 0 Å². The first-order valence-electron chi connectivity index (χ1n) is 5.79. The number of carbonyl (C=O) groups excluding carboxylic acids is 1. The highest BCUT2D eigenvalue weighted by Gasteiger charge is 2.34. The van der Waals surface area contributed by atoms with E-state index < -0.39 is 18.5 Å². The molecule has 6 heteroatoms. The van der Waals surface area contributed by atoms with Crippen LogP contribution in [-0.2, 0) is 9.53 Å². The minimum atomic E-state index is -4.41. The van der Waals surface area contributed by atoms with Gasteiger partial charge < -0.3 is 9.64 Å². The molecule has 1 aliphatic heterocycles. The van der Waals surface area contributed by atoms with Crippen LogP contribution in [0.15, 0.2) is 0 Å². The van der Waals surface area contributed by atoms with Crippen LogP contribution < -0.4 is 0 Å². The van der Waals surface area contributed by atoms with E-state index in [1.807, 2.05) is 13.8 Å². The number of piperidine rings is 1. The van der Waals surface area contributed by atoms with Crippen molar-refractivity contribution in [3.63, 3.8) is 0 Å². The lowest BCUT2D eigenvalue weighted by molar-refractivity contribution is -0.162. The topological polar surface area (TPSA) is 29.5 Å². The first-order chi connectivity index (χ1) is 7.92. The molecule has 1 fully saturated rings. The Balaban J connectivity index is 0.00000121. The summed E-state index contributed by atoms with van der Waals surface area (Å²) >= 11 is 0. The smallest absolute Gasteiger partial charge is 0.381 e. The molecular formula is C11H20F3NO2. The van der Waals surface area contributed by atoms with Crippen LogP contribution >= 0.6 is 0 Å². The van der Waals surface area contributed by atoms with Gasteiger partial charge >= 0.3 is 6.18 Å². The highest BCUT2D eigenvalue weighted by Crippen LogP contribution is 2.22. The predicted octanol–water partition coefficient (Wildman–Crippen LogP) is 2.60. The van der Waals surface area contributed by atoms with Crippen LogP contribution in [0.5, 0.6) is 0 Å². The largest absolute Gasteiger partial charge is 0.397 e. The number of ether oxygens (including phenoxy) is 1. The van der Waals surface area contributed by atoms with Crippen molar-refractivity contribution in [1.29, 1.82) is 0 Å². The first-order valence-corrected chi connectivity index (χ1v) is 5.79. The monoisotopic (exact) mass is 255 g/mol. The van der Waals surface area contributed by atoms with E-state index in [1.165, 1.54) is 4.90 Å². The molecule has 102 valence electrons. The van der Waals surface area contributed by atoms with Gasteiger partial charge in [-0.25, -0.2) is 0 Å². The van der Waals surface area contributed by atoms with E-state index in [4.69, 9.17) is 4.74 Å². The molecule has 0 atom stereocenters. The molecule has 17 heavy (non-hydrogen) atoms. The highest BCUT2D eigenvalue weighted by molar-refractivity contribution is 5.76. The number of rotatable bonds is 2. The Labute approximate surface area is 99.9 Å². The van der Waals surface area contributed by atoms with Gasteiger partial charge in [0, 0.05) is 20.2 Å². The van der Waals surface area contributed by atoms with Crippen LogP contribution in [0.25, 0.3) is 0 Å². The summed E-state index contributed by atoms with van der Waals surface area (Å²) in [6, 6.07) is 0. The molecule has 0 N–H and O–H groups in total. The van der Waals surface area contributed by atoms with Gasteiger partial charge in [0.05, 0.1) is 6.10 Å². The van der Waals surface area contributed by atoms with Crippen molar-refractivity contribution < 1.29 is 22.7 Å². The molecule has 1 rings (SSSR count). The van der Waals surface area contributed by atoms with Crippen molar-refractivity contribution in [1.82, 2.24) is 4.90 Å². The molecule has 0 bridgehead atoms. The maximum Gasteiger partial charge on any atom is 0.397 e. The zero-order valence-electron chi connectivity index (χ0n) is 10.5. The van der Waals surface area contributed by atoms with Gasteiger partial charge in [0.2, 0.25) is 5.91 Å². The Hall–Kier alpha value is -0.780. The van der Waals surface area contributed by atoms with E-state index in [1.54, 1.807) is 7.11 Å². The van der Waals surface area contributed by atoms with Gasteiger partial charge in [-0.05, 0) is 12.8 Å². The molecular weight excluding hydrogens is 235 g/mol. The van der Waals surface area contributed by atoms with Crippen molar-refractivity contribution >= 4 is 5.91 Å². The number of hydrogen-bond donors (Lipinski definition) is 0. The van der Waals surface area contributed by atoms with Crippen LogP contribution in [0.2, 0.25) is 0 Å². The second-order valence-electron chi connectivity index (χ2n) is 3.61. The fraction of sp³-hybridized carbons (Fsp3) is 0.909. The summed E-state index contributed by atoms with van der Waals surface area (Å²) < 4.78 is 40.9. The summed E-state index contributed by atoms with van der Waals surface area (Å²) in [6.07, 6.45) is -4.47. The zero-order chi connectivity index (χ0) is 13.5. The number of nitrogens with zero attached hydrogens (tertiary/aromatic N) is 1. The number of methoxy groups -OCH3 is 1. The molecule has 3 nitrogen and oxygen atoms in total. The Morgan fingerprint density at radius 1 is 1.29 bits per heavy atom. The van der Waals surface area contributed by atoms with Gasteiger partial charge in [0.15, 0.2) is 0 Å². The number of amides is 1. The van der Waals surface area contributed by atoms with E-state index in [0.29, 0.717) is 25.9 Å². The number of carbonyl (C=O) groups is 1. The van der Waals surface area contributed by atoms with Gasteiger partial charge in [-0.15, -0.1) is 0 Å². The van der Waals surface area contributed by atoms with E-state index >= 15 is 0 Å². The first kappa shape index (κ1) is 16.2. The molecule has 0 aromatic rings. The van der Waals surface area contributed by atoms with Crippen LogP contribution in [0.4, 0.5) is 13.2 Å². The highest BCUT2D eigenvalue weighted by atomic mass is 19.4. The third-order valence-corrected chi connectivity index (χ3v) is 2.48. The van der Waals surface area contributed by atoms with Gasteiger partial charge in [0.1, 0.15) is 6.42 Å². The third kappa shape index (κ3) is 6.51. The molecule has 0 radical (unpaired) electrons. The molecule has 0 aromatic heterocycles. The molecule has 1 heterocycles. The van der Waals surface area contributed by atoms with Crippen molar-refractivity contribution in [2.24, 2.45) is 0 Å². The molecule has 0 spiro atoms. The fourth-order valence-electron chi connectivity index (χ4n) is 1.62. The van der Waals surface area contributed by atoms with Gasteiger partial charge in [-0.2, -0.15) is 13.2 Å². The van der Waals surface area contributed by atoms with Gasteiger partial charge in [0.25, 0.3) is 0 Å². The lowest BCUT2D eigenvalue weighted by Gasteiger charge is -2.31. The van der Waals surface area contributed by atoms with Crippen molar-refractivity contribution in [3.8, 4) is 0 Å². The molecule has 1 saturated heterocycles. The quantitative estimate of drug-likeness (QED) is 0.759. The van der Waals surface area contributed by atoms with Crippen LogP contribution in [-0.4, -0.2) is 43.3 Å². The van der Waals surface area contributed by atoms with Crippen molar-refractivity contribution in [2.45, 2.75) is 45.4 Å². The summed E-state index contributed by atoms with van der Waals surface area (Å²) in [5, 5.41) is 0. The minimum absolute atomic E-state index is 0.0694. The number of halogens is 3. The second kappa shape index (κ2) is 7.53. The summed E-state index contributed by atoms with van der Waals surface area (Å²) in [5.74, 6) is -0.836. The predicted molar refractivity (Wildman–Crippen MR) is 58.6 cm³/mol. The maximum absolute atomic E-state index is 11.9. The summed E-state index contributed by atoms with van der Waals surface area (Å²) in [4.78, 5) is 12.4. The summed E-state index contributed by atoms with van der Waals surface area (Å²) in [6.45, 7) is 4.71. The van der Waals surface area contributed by atoms with Crippen LogP contribution in [0.3, 0.4) is 0 Å². The van der Waals surface area contributed by atoms with E-state index in [-0.39, 0.29) is 6.10 Å². The van der Waals surface area contributed by atoms with E-state index in [2.05, 4.69) is 0 Å². The molecule has 1 amide bonds. The lowest BCUT2D eigenvalue weighted by Crippen LogP contribution is -2.42. The lowest BCUT2D eigenvalue weighted by atomic mass is 10.1. The van der Waals surface area contributed by atoms with Crippen molar-refractivity contribution in [2.75, 3.05) is 20.2 Å². The van der Waals surface area contributed by atoms with Gasteiger partial charge in [-0.3, -0.25) is 4.79 Å². The van der Waals surface area contributed by atoms with Gasteiger partial charge in [-0.1, -0.05) is 13.8 Å². The zero-order valence-corrected chi connectivity index (χ0v) is 10.5. The maximum atomic E-state index is 11.9. The molecule has 1 aliphatic rings. The number of hydrogen-bond acceptors (Lipinski definition) is 2. The molecule has 0 saturated carbocycles. The molecule has 0 aliphatic carbocycles. The Morgan fingerprint density at radius 2 is 1.76 bits per heavy atom. The standard InChI is InChI=1S/C9H14F3NO2.C2H6/c1-15-7-2-4-13(5-3-7)8(14)6-9(10,11)12;1-2/h7H,2-6H2,1H3;1-2H3. The third-order valence-electron chi connectivity index (χ3n) is 2.48. The number of likely N-dealkylation sites (tertiary alicyclic amines) is 1. The average Bonchev–Trinajstić information content (AvgIpc) is 2.29. The normalized spacial score (nSPS) is 17.4.